The Kier molecular flexibility index (Phi) is 3.18. The molecule has 4 nitrogen and oxygen atoms in total. The van der Waals surface area contributed by atoms with Gasteiger partial charge >= 0.3 is 0 Å². The second-order valence-electron chi connectivity index (χ2n) is 5.06. The highest BCUT2D eigenvalue weighted by Gasteiger charge is 2.45. The van der Waals surface area contributed by atoms with E-state index in [-0.39, 0.29) is 15.5 Å². The third-order valence-electron chi connectivity index (χ3n) is 3.25. The Labute approximate surface area is 106 Å². The van der Waals surface area contributed by atoms with Crippen LogP contribution in [0.2, 0.25) is 5.15 Å². The number of aromatic nitrogens is 1. The maximum absolute atomic E-state index is 11.9. The van der Waals surface area contributed by atoms with E-state index in [1.807, 2.05) is 0 Å². The smallest absolute Gasteiger partial charge is 0.240 e. The molecule has 1 fully saturated rings. The summed E-state index contributed by atoms with van der Waals surface area (Å²) in [6.07, 6.45) is 2.45. The molecule has 6 heteroatoms. The van der Waals surface area contributed by atoms with Gasteiger partial charge < -0.3 is 0 Å². The lowest BCUT2D eigenvalue weighted by Gasteiger charge is -2.07. The van der Waals surface area contributed by atoms with Crippen molar-refractivity contribution in [2.45, 2.75) is 25.2 Å². The zero-order chi connectivity index (χ0) is 12.7. The molecule has 2 rings (SSSR count). The molecule has 1 aromatic rings. The molecule has 0 bridgehead atoms. The number of rotatable bonds is 4. The lowest BCUT2D eigenvalue weighted by molar-refractivity contribution is 0.537. The quantitative estimate of drug-likeness (QED) is 0.855. The van der Waals surface area contributed by atoms with Gasteiger partial charge in [-0.05, 0) is 29.9 Å². The van der Waals surface area contributed by atoms with Crippen LogP contribution in [0.25, 0.3) is 0 Å². The maximum Gasteiger partial charge on any atom is 0.240 e. The summed E-state index contributed by atoms with van der Waals surface area (Å²) in [4.78, 5) is 3.92. The van der Waals surface area contributed by atoms with Gasteiger partial charge in [0.15, 0.2) is 0 Å². The van der Waals surface area contributed by atoms with E-state index in [0.29, 0.717) is 12.5 Å². The van der Waals surface area contributed by atoms with Crippen LogP contribution in [0, 0.1) is 11.3 Å². The van der Waals surface area contributed by atoms with Crippen molar-refractivity contribution in [2.75, 3.05) is 6.54 Å². The fourth-order valence-corrected chi connectivity index (χ4v) is 3.10. The summed E-state index contributed by atoms with van der Waals surface area (Å²) in [6.45, 7) is 4.75. The van der Waals surface area contributed by atoms with Crippen molar-refractivity contribution in [1.82, 2.24) is 9.71 Å². The van der Waals surface area contributed by atoms with E-state index in [9.17, 15) is 8.42 Å². The number of nitrogens with zero attached hydrogens (tertiary/aromatic N) is 1. The van der Waals surface area contributed by atoms with Crippen LogP contribution in [-0.2, 0) is 10.0 Å². The summed E-state index contributed by atoms with van der Waals surface area (Å²) in [6, 6.07) is 2.79. The van der Waals surface area contributed by atoms with Crippen molar-refractivity contribution in [1.29, 1.82) is 0 Å². The number of pyridine rings is 1. The number of sulfonamides is 1. The highest BCUT2D eigenvalue weighted by atomic mass is 35.5. The molecule has 1 unspecified atom stereocenters. The first-order chi connectivity index (χ1) is 7.81. The average Bonchev–Trinajstić information content (AvgIpc) is 2.84. The van der Waals surface area contributed by atoms with Crippen LogP contribution in [0.1, 0.15) is 20.3 Å². The predicted molar refractivity (Wildman–Crippen MR) is 66.3 cm³/mol. The molecule has 1 heterocycles. The summed E-state index contributed by atoms with van der Waals surface area (Å²) in [5, 5.41) is 0.180. The second kappa shape index (κ2) is 4.23. The summed E-state index contributed by atoms with van der Waals surface area (Å²) in [7, 11) is -3.46. The molecule has 0 amide bonds. The van der Waals surface area contributed by atoms with Gasteiger partial charge in [-0.15, -0.1) is 0 Å². The molecular formula is C11H15ClN2O2S. The van der Waals surface area contributed by atoms with Crippen molar-refractivity contribution in [3.8, 4) is 0 Å². The van der Waals surface area contributed by atoms with Crippen LogP contribution in [0.3, 0.4) is 0 Å². The van der Waals surface area contributed by atoms with Gasteiger partial charge in [0.1, 0.15) is 5.15 Å². The van der Waals surface area contributed by atoms with Crippen molar-refractivity contribution in [3.05, 3.63) is 23.5 Å². The molecule has 1 atom stereocenters. The fourth-order valence-electron chi connectivity index (χ4n) is 1.77. The molecule has 1 N–H and O–H groups in total. The van der Waals surface area contributed by atoms with Crippen molar-refractivity contribution < 1.29 is 8.42 Å². The first kappa shape index (κ1) is 12.8. The van der Waals surface area contributed by atoms with E-state index in [1.165, 1.54) is 18.3 Å². The first-order valence-electron chi connectivity index (χ1n) is 5.42. The van der Waals surface area contributed by atoms with Gasteiger partial charge in [-0.3, -0.25) is 0 Å². The zero-order valence-corrected chi connectivity index (χ0v) is 11.3. The largest absolute Gasteiger partial charge is 0.244 e. The predicted octanol–water partition coefficient (Wildman–Crippen LogP) is 2.06. The van der Waals surface area contributed by atoms with Crippen molar-refractivity contribution >= 4 is 21.6 Å². The molecule has 0 spiro atoms. The Morgan fingerprint density at radius 2 is 2.24 bits per heavy atom. The maximum atomic E-state index is 11.9. The molecular weight excluding hydrogens is 260 g/mol. The summed E-state index contributed by atoms with van der Waals surface area (Å²) < 4.78 is 26.5. The second-order valence-corrected chi connectivity index (χ2v) is 7.21. The zero-order valence-electron chi connectivity index (χ0n) is 9.77. The van der Waals surface area contributed by atoms with Gasteiger partial charge in [0.2, 0.25) is 10.0 Å². The normalized spacial score (nSPS) is 22.4. The van der Waals surface area contributed by atoms with Crippen molar-refractivity contribution in [3.63, 3.8) is 0 Å². The molecule has 1 saturated carbocycles. The van der Waals surface area contributed by atoms with Gasteiger partial charge in [0.05, 0.1) is 4.90 Å². The van der Waals surface area contributed by atoms with Crippen LogP contribution in [0.5, 0.6) is 0 Å². The minimum absolute atomic E-state index is 0.163. The highest BCUT2D eigenvalue weighted by molar-refractivity contribution is 7.89. The molecule has 0 aliphatic heterocycles. The number of nitrogens with one attached hydrogen (secondary N) is 1. The van der Waals surface area contributed by atoms with Crippen LogP contribution in [0.15, 0.2) is 23.2 Å². The van der Waals surface area contributed by atoms with E-state index < -0.39 is 10.0 Å². The third-order valence-corrected chi connectivity index (χ3v) is 4.87. The molecule has 0 aromatic carbocycles. The number of hydrogen-bond donors (Lipinski definition) is 1. The van der Waals surface area contributed by atoms with Gasteiger partial charge in [0, 0.05) is 12.7 Å². The molecule has 1 aliphatic carbocycles. The van der Waals surface area contributed by atoms with Gasteiger partial charge in [-0.2, -0.15) is 0 Å². The summed E-state index contributed by atoms with van der Waals surface area (Å²) in [5.41, 5.74) is 0.262. The number of halogens is 1. The van der Waals surface area contributed by atoms with Crippen LogP contribution >= 0.6 is 11.6 Å². The highest BCUT2D eigenvalue weighted by Crippen LogP contribution is 2.51. The minimum atomic E-state index is -3.46. The lowest BCUT2D eigenvalue weighted by Crippen LogP contribution is -2.26. The minimum Gasteiger partial charge on any atom is -0.244 e. The van der Waals surface area contributed by atoms with Crippen LogP contribution in [-0.4, -0.2) is 19.9 Å². The SMILES string of the molecule is CC1(C)CC1CNS(=O)(=O)c1ccnc(Cl)c1. The van der Waals surface area contributed by atoms with E-state index in [4.69, 9.17) is 11.6 Å². The van der Waals surface area contributed by atoms with Crippen LogP contribution in [0.4, 0.5) is 0 Å². The fraction of sp³-hybridized carbons (Fsp3) is 0.545. The van der Waals surface area contributed by atoms with Gasteiger partial charge in [-0.25, -0.2) is 18.1 Å². The summed E-state index contributed by atoms with van der Waals surface area (Å²) in [5.74, 6) is 0.426. The van der Waals surface area contributed by atoms with Crippen LogP contribution < -0.4 is 4.72 Å². The average molecular weight is 275 g/mol. The van der Waals surface area contributed by atoms with E-state index in [1.54, 1.807) is 0 Å². The Morgan fingerprint density at radius 3 is 2.76 bits per heavy atom. The Morgan fingerprint density at radius 1 is 1.59 bits per heavy atom. The summed E-state index contributed by atoms with van der Waals surface area (Å²) >= 11 is 5.67. The standard InChI is InChI=1S/C11H15ClN2O2S/c1-11(2)6-8(11)7-14-17(15,16)9-3-4-13-10(12)5-9/h3-5,8,14H,6-7H2,1-2H3. The Bertz CT molecular complexity index is 528. The van der Waals surface area contributed by atoms with E-state index >= 15 is 0 Å². The van der Waals surface area contributed by atoms with E-state index in [2.05, 4.69) is 23.6 Å². The first-order valence-corrected chi connectivity index (χ1v) is 7.29. The Hall–Kier alpha value is -0.650. The number of hydrogen-bond acceptors (Lipinski definition) is 3. The van der Waals surface area contributed by atoms with Gasteiger partial charge in [-0.1, -0.05) is 25.4 Å². The molecule has 17 heavy (non-hydrogen) atoms. The third kappa shape index (κ3) is 2.97. The molecule has 0 radical (unpaired) electrons. The topological polar surface area (TPSA) is 59.1 Å². The van der Waals surface area contributed by atoms with Gasteiger partial charge in [0.25, 0.3) is 0 Å². The monoisotopic (exact) mass is 274 g/mol. The lowest BCUT2D eigenvalue weighted by atomic mass is 10.1. The van der Waals surface area contributed by atoms with Crippen molar-refractivity contribution in [2.24, 2.45) is 11.3 Å². The van der Waals surface area contributed by atoms with E-state index in [0.717, 1.165) is 6.42 Å². The molecule has 1 aromatic heterocycles. The molecule has 1 aliphatic rings. The molecule has 94 valence electrons. The Balaban J connectivity index is 2.04. The molecule has 0 saturated heterocycles.